The zero-order valence-corrected chi connectivity index (χ0v) is 10.9. The van der Waals surface area contributed by atoms with Gasteiger partial charge in [-0.2, -0.15) is 0 Å². The van der Waals surface area contributed by atoms with E-state index < -0.39 is 0 Å². The monoisotopic (exact) mass is 235 g/mol. The Morgan fingerprint density at radius 2 is 2.12 bits per heavy atom. The van der Waals surface area contributed by atoms with E-state index in [-0.39, 0.29) is 5.82 Å². The molecular formula is C15H22FN. The third-order valence-corrected chi connectivity index (χ3v) is 4.04. The van der Waals surface area contributed by atoms with E-state index in [9.17, 15) is 4.39 Å². The van der Waals surface area contributed by atoms with Crippen LogP contribution in [0.3, 0.4) is 0 Å². The summed E-state index contributed by atoms with van der Waals surface area (Å²) in [7, 11) is 0. The Labute approximate surface area is 103 Å². The molecule has 1 aromatic rings. The molecule has 2 heteroatoms. The van der Waals surface area contributed by atoms with Crippen LogP contribution < -0.4 is 5.32 Å². The second kappa shape index (κ2) is 5.18. The van der Waals surface area contributed by atoms with Gasteiger partial charge in [-0.1, -0.05) is 19.4 Å². The van der Waals surface area contributed by atoms with Gasteiger partial charge in [0.05, 0.1) is 0 Å². The molecule has 0 amide bonds. The Hall–Kier alpha value is -0.890. The van der Waals surface area contributed by atoms with Crippen LogP contribution in [-0.2, 0) is 6.42 Å². The number of hydrogen-bond acceptors (Lipinski definition) is 1. The molecule has 0 aromatic heterocycles. The summed E-state index contributed by atoms with van der Waals surface area (Å²) in [5, 5.41) is 3.45. The number of hydrogen-bond donors (Lipinski definition) is 1. The van der Waals surface area contributed by atoms with Crippen molar-refractivity contribution in [2.24, 2.45) is 5.41 Å². The number of aryl methyl sites for hydroxylation is 1. The number of benzene rings is 1. The van der Waals surface area contributed by atoms with Gasteiger partial charge < -0.3 is 5.32 Å². The fraction of sp³-hybridized carbons (Fsp3) is 0.600. The average Bonchev–Trinajstić information content (AvgIpc) is 2.26. The van der Waals surface area contributed by atoms with Crippen LogP contribution in [0.1, 0.15) is 37.3 Å². The molecule has 0 saturated heterocycles. The van der Waals surface area contributed by atoms with E-state index in [0.29, 0.717) is 5.41 Å². The van der Waals surface area contributed by atoms with Crippen LogP contribution in [0.2, 0.25) is 0 Å². The van der Waals surface area contributed by atoms with Gasteiger partial charge in [0.1, 0.15) is 5.82 Å². The summed E-state index contributed by atoms with van der Waals surface area (Å²) in [6.07, 6.45) is 4.88. The molecule has 0 radical (unpaired) electrons. The molecule has 0 spiro atoms. The molecule has 0 bridgehead atoms. The minimum Gasteiger partial charge on any atom is -0.316 e. The lowest BCUT2D eigenvalue weighted by Gasteiger charge is -2.42. The maximum Gasteiger partial charge on any atom is 0.123 e. The fourth-order valence-corrected chi connectivity index (χ4v) is 2.72. The highest BCUT2D eigenvalue weighted by Gasteiger charge is 2.36. The normalized spacial score (nSPS) is 17.8. The molecule has 1 N–H and O–H groups in total. The maximum absolute atomic E-state index is 13.3. The lowest BCUT2D eigenvalue weighted by molar-refractivity contribution is 0.131. The Kier molecular flexibility index (Phi) is 3.82. The molecule has 0 aliphatic heterocycles. The highest BCUT2D eigenvalue weighted by molar-refractivity contribution is 5.28. The van der Waals surface area contributed by atoms with Gasteiger partial charge in [-0.25, -0.2) is 4.39 Å². The molecule has 1 aromatic carbocycles. The molecule has 0 unspecified atom stereocenters. The van der Waals surface area contributed by atoms with Gasteiger partial charge in [0.2, 0.25) is 0 Å². The molecule has 17 heavy (non-hydrogen) atoms. The Balaban J connectivity index is 2.09. The first-order chi connectivity index (χ1) is 8.15. The van der Waals surface area contributed by atoms with Crippen molar-refractivity contribution in [3.05, 3.63) is 35.1 Å². The van der Waals surface area contributed by atoms with Gasteiger partial charge in [-0.3, -0.25) is 0 Å². The van der Waals surface area contributed by atoms with Crippen molar-refractivity contribution in [3.8, 4) is 0 Å². The van der Waals surface area contributed by atoms with Crippen molar-refractivity contribution in [1.82, 2.24) is 5.32 Å². The van der Waals surface area contributed by atoms with Crippen LogP contribution in [0.25, 0.3) is 0 Å². The summed E-state index contributed by atoms with van der Waals surface area (Å²) < 4.78 is 13.3. The van der Waals surface area contributed by atoms with E-state index in [2.05, 4.69) is 19.2 Å². The number of halogens is 1. The van der Waals surface area contributed by atoms with Gasteiger partial charge in [0.15, 0.2) is 0 Å². The molecule has 1 aliphatic rings. The first-order valence-corrected chi connectivity index (χ1v) is 6.61. The van der Waals surface area contributed by atoms with Gasteiger partial charge in [0.25, 0.3) is 0 Å². The molecule has 0 heterocycles. The molecule has 1 nitrogen and oxygen atoms in total. The average molecular weight is 235 g/mol. The lowest BCUT2D eigenvalue weighted by atomic mass is 9.65. The van der Waals surface area contributed by atoms with Crippen molar-refractivity contribution < 1.29 is 4.39 Å². The summed E-state index contributed by atoms with van der Waals surface area (Å²) >= 11 is 0. The van der Waals surface area contributed by atoms with E-state index in [0.717, 1.165) is 19.5 Å². The van der Waals surface area contributed by atoms with E-state index in [4.69, 9.17) is 0 Å². The number of nitrogens with one attached hydrogen (secondary N) is 1. The highest BCUT2D eigenvalue weighted by atomic mass is 19.1. The zero-order valence-electron chi connectivity index (χ0n) is 10.9. The Bertz CT molecular complexity index is 383. The molecule has 1 saturated carbocycles. The second-order valence-electron chi connectivity index (χ2n) is 5.38. The topological polar surface area (TPSA) is 12.0 Å². The molecule has 1 fully saturated rings. The summed E-state index contributed by atoms with van der Waals surface area (Å²) in [6, 6.07) is 5.15. The Morgan fingerprint density at radius 1 is 1.35 bits per heavy atom. The van der Waals surface area contributed by atoms with Gasteiger partial charge in [-0.15, -0.1) is 0 Å². The molecule has 94 valence electrons. The van der Waals surface area contributed by atoms with Crippen molar-refractivity contribution in [1.29, 1.82) is 0 Å². The number of rotatable bonds is 5. The smallest absolute Gasteiger partial charge is 0.123 e. The van der Waals surface area contributed by atoms with E-state index >= 15 is 0 Å². The molecular weight excluding hydrogens is 213 g/mol. The van der Waals surface area contributed by atoms with Crippen LogP contribution in [0.15, 0.2) is 18.2 Å². The first-order valence-electron chi connectivity index (χ1n) is 6.61. The quantitative estimate of drug-likeness (QED) is 0.824. The highest BCUT2D eigenvalue weighted by Crippen LogP contribution is 2.43. The van der Waals surface area contributed by atoms with Gasteiger partial charge >= 0.3 is 0 Å². The van der Waals surface area contributed by atoms with Crippen LogP contribution >= 0.6 is 0 Å². The summed E-state index contributed by atoms with van der Waals surface area (Å²) in [5.74, 6) is -0.108. The van der Waals surface area contributed by atoms with Crippen LogP contribution in [0.4, 0.5) is 4.39 Å². The minimum atomic E-state index is -0.108. The van der Waals surface area contributed by atoms with Crippen LogP contribution in [0, 0.1) is 18.2 Å². The molecule has 1 aliphatic carbocycles. The van der Waals surface area contributed by atoms with Crippen LogP contribution in [0.5, 0.6) is 0 Å². The predicted octanol–water partition coefficient (Wildman–Crippen LogP) is 3.46. The van der Waals surface area contributed by atoms with Crippen molar-refractivity contribution >= 4 is 0 Å². The summed E-state index contributed by atoms with van der Waals surface area (Å²) in [4.78, 5) is 0. The Morgan fingerprint density at radius 3 is 2.71 bits per heavy atom. The summed E-state index contributed by atoms with van der Waals surface area (Å²) in [6.45, 7) is 6.30. The minimum absolute atomic E-state index is 0.108. The van der Waals surface area contributed by atoms with Crippen molar-refractivity contribution in [3.63, 3.8) is 0 Å². The largest absolute Gasteiger partial charge is 0.316 e. The lowest BCUT2D eigenvalue weighted by Crippen LogP contribution is -2.41. The van der Waals surface area contributed by atoms with Crippen molar-refractivity contribution in [2.75, 3.05) is 13.1 Å². The third-order valence-electron chi connectivity index (χ3n) is 4.04. The molecule has 0 atom stereocenters. The molecule has 2 rings (SSSR count). The summed E-state index contributed by atoms with van der Waals surface area (Å²) in [5.41, 5.74) is 2.78. The van der Waals surface area contributed by atoms with Gasteiger partial charge in [-0.05, 0) is 61.4 Å². The van der Waals surface area contributed by atoms with Crippen LogP contribution in [-0.4, -0.2) is 13.1 Å². The predicted molar refractivity (Wildman–Crippen MR) is 69.7 cm³/mol. The maximum atomic E-state index is 13.3. The van der Waals surface area contributed by atoms with E-state index in [1.807, 2.05) is 6.07 Å². The second-order valence-corrected chi connectivity index (χ2v) is 5.38. The standard InChI is InChI=1S/C15H22FN/c1-3-17-11-15(7-4-8-15)10-13-9-14(16)6-5-12(13)2/h5-6,9,17H,3-4,7-8,10-11H2,1-2H3. The SMILES string of the molecule is CCNCC1(Cc2cc(F)ccc2C)CCC1. The van der Waals surface area contributed by atoms with E-state index in [1.165, 1.54) is 30.4 Å². The zero-order chi connectivity index (χ0) is 12.3. The van der Waals surface area contributed by atoms with Crippen molar-refractivity contribution in [2.45, 2.75) is 39.5 Å². The first kappa shape index (κ1) is 12.6. The van der Waals surface area contributed by atoms with Gasteiger partial charge in [0, 0.05) is 6.54 Å². The third kappa shape index (κ3) is 2.86. The van der Waals surface area contributed by atoms with E-state index in [1.54, 1.807) is 12.1 Å². The fourth-order valence-electron chi connectivity index (χ4n) is 2.72.